The maximum atomic E-state index is 13.1. The highest BCUT2D eigenvalue weighted by atomic mass is 19.1. The third-order valence-electron chi connectivity index (χ3n) is 5.50. The second-order valence-corrected chi connectivity index (χ2v) is 7.21. The summed E-state index contributed by atoms with van der Waals surface area (Å²) in [6, 6.07) is 14.9. The Kier molecular flexibility index (Phi) is 5.39. The minimum Gasteiger partial charge on any atom is -0.373 e. The van der Waals surface area contributed by atoms with E-state index in [4.69, 9.17) is 4.74 Å². The Balaban J connectivity index is 1.36. The molecule has 2 aliphatic rings. The molecule has 0 aliphatic carbocycles. The molecule has 5 heteroatoms. The Morgan fingerprint density at radius 2 is 1.78 bits per heavy atom. The SMILES string of the molecule is O=C(CC1OCCCc2ccccc21)N1CCN(c2ccc(F)cc2)CC1. The van der Waals surface area contributed by atoms with Crippen molar-refractivity contribution < 1.29 is 13.9 Å². The number of aryl methyl sites for hydroxylation is 1. The number of halogens is 1. The van der Waals surface area contributed by atoms with Gasteiger partial charge in [-0.1, -0.05) is 24.3 Å². The van der Waals surface area contributed by atoms with Crippen molar-refractivity contribution in [2.75, 3.05) is 37.7 Å². The predicted molar refractivity (Wildman–Crippen MR) is 103 cm³/mol. The van der Waals surface area contributed by atoms with Crippen LogP contribution in [0.3, 0.4) is 0 Å². The van der Waals surface area contributed by atoms with E-state index in [0.717, 1.165) is 37.2 Å². The second kappa shape index (κ2) is 8.09. The molecule has 0 aromatic heterocycles. The molecule has 0 spiro atoms. The van der Waals surface area contributed by atoms with Crippen LogP contribution in [0.4, 0.5) is 10.1 Å². The van der Waals surface area contributed by atoms with Gasteiger partial charge in [0.2, 0.25) is 5.91 Å². The molecule has 142 valence electrons. The number of piperazine rings is 1. The molecule has 1 fully saturated rings. The van der Waals surface area contributed by atoms with Crippen LogP contribution in [-0.4, -0.2) is 43.6 Å². The van der Waals surface area contributed by atoms with Crippen molar-refractivity contribution in [3.8, 4) is 0 Å². The standard InChI is InChI=1S/C22H25FN2O2/c23-18-7-9-19(10-8-18)24-11-13-25(14-12-24)22(26)16-21-20-6-2-1-4-17(20)5-3-15-27-21/h1-2,4,6-10,21H,3,5,11-16H2. The molecular weight excluding hydrogens is 343 g/mol. The third-order valence-corrected chi connectivity index (χ3v) is 5.50. The molecule has 1 unspecified atom stereocenters. The zero-order valence-corrected chi connectivity index (χ0v) is 15.4. The van der Waals surface area contributed by atoms with E-state index >= 15 is 0 Å². The molecule has 27 heavy (non-hydrogen) atoms. The molecule has 4 rings (SSSR count). The second-order valence-electron chi connectivity index (χ2n) is 7.21. The Hall–Kier alpha value is -2.40. The highest BCUT2D eigenvalue weighted by molar-refractivity contribution is 5.77. The molecule has 0 radical (unpaired) electrons. The van der Waals surface area contributed by atoms with Gasteiger partial charge in [-0.3, -0.25) is 4.79 Å². The highest BCUT2D eigenvalue weighted by Crippen LogP contribution is 2.29. The Morgan fingerprint density at radius 3 is 2.56 bits per heavy atom. The molecule has 4 nitrogen and oxygen atoms in total. The summed E-state index contributed by atoms with van der Waals surface area (Å²) in [5.74, 6) is -0.0771. The van der Waals surface area contributed by atoms with E-state index in [9.17, 15) is 9.18 Å². The van der Waals surface area contributed by atoms with E-state index in [1.54, 1.807) is 12.1 Å². The Labute approximate surface area is 159 Å². The summed E-state index contributed by atoms with van der Waals surface area (Å²) in [7, 11) is 0. The van der Waals surface area contributed by atoms with Crippen LogP contribution in [0.15, 0.2) is 48.5 Å². The molecule has 2 aromatic carbocycles. The van der Waals surface area contributed by atoms with E-state index in [1.165, 1.54) is 17.7 Å². The first-order chi connectivity index (χ1) is 13.2. The average Bonchev–Trinajstić information content (AvgIpc) is 2.91. The molecule has 1 atom stereocenters. The van der Waals surface area contributed by atoms with Crippen molar-refractivity contribution in [3.63, 3.8) is 0 Å². The molecule has 0 N–H and O–H groups in total. The normalized spacial score (nSPS) is 20.1. The van der Waals surface area contributed by atoms with Crippen LogP contribution >= 0.6 is 0 Å². The first kappa shape index (κ1) is 18.0. The minimum absolute atomic E-state index is 0.147. The molecule has 0 bridgehead atoms. The molecular formula is C22H25FN2O2. The Bertz CT molecular complexity index is 785. The molecule has 2 aliphatic heterocycles. The lowest BCUT2D eigenvalue weighted by Gasteiger charge is -2.36. The molecule has 0 saturated carbocycles. The van der Waals surface area contributed by atoms with E-state index < -0.39 is 0 Å². The van der Waals surface area contributed by atoms with Gasteiger partial charge in [-0.25, -0.2) is 4.39 Å². The summed E-state index contributed by atoms with van der Waals surface area (Å²) in [4.78, 5) is 17.0. The summed E-state index contributed by atoms with van der Waals surface area (Å²) in [6.07, 6.45) is 2.26. The number of fused-ring (bicyclic) bond motifs is 1. The van der Waals surface area contributed by atoms with Crippen LogP contribution in [-0.2, 0) is 16.0 Å². The number of carbonyl (C=O) groups excluding carboxylic acids is 1. The lowest BCUT2D eigenvalue weighted by Crippen LogP contribution is -2.49. The van der Waals surface area contributed by atoms with E-state index in [2.05, 4.69) is 23.1 Å². The van der Waals surface area contributed by atoms with Crippen LogP contribution in [0.5, 0.6) is 0 Å². The maximum Gasteiger partial charge on any atom is 0.225 e. The largest absolute Gasteiger partial charge is 0.373 e. The number of nitrogens with zero attached hydrogens (tertiary/aromatic N) is 2. The first-order valence-corrected chi connectivity index (χ1v) is 9.68. The van der Waals surface area contributed by atoms with Crippen LogP contribution in [0.2, 0.25) is 0 Å². The van der Waals surface area contributed by atoms with E-state index in [1.807, 2.05) is 11.0 Å². The van der Waals surface area contributed by atoms with Crippen molar-refractivity contribution in [2.24, 2.45) is 0 Å². The summed E-state index contributed by atoms with van der Waals surface area (Å²) < 4.78 is 19.1. The zero-order chi connectivity index (χ0) is 18.6. The third kappa shape index (κ3) is 4.14. The van der Waals surface area contributed by atoms with Gasteiger partial charge in [-0.05, 0) is 48.2 Å². The van der Waals surface area contributed by atoms with Crippen LogP contribution in [0, 0.1) is 5.82 Å². The van der Waals surface area contributed by atoms with Gasteiger partial charge in [-0.15, -0.1) is 0 Å². The van der Waals surface area contributed by atoms with Crippen LogP contribution < -0.4 is 4.90 Å². The van der Waals surface area contributed by atoms with Gasteiger partial charge in [0.25, 0.3) is 0 Å². The monoisotopic (exact) mass is 368 g/mol. The van der Waals surface area contributed by atoms with E-state index in [0.29, 0.717) is 26.1 Å². The van der Waals surface area contributed by atoms with Crippen molar-refractivity contribution in [1.29, 1.82) is 0 Å². The number of amides is 1. The van der Waals surface area contributed by atoms with E-state index in [-0.39, 0.29) is 17.8 Å². The summed E-state index contributed by atoms with van der Waals surface area (Å²) in [5.41, 5.74) is 3.46. The van der Waals surface area contributed by atoms with Gasteiger partial charge in [0.1, 0.15) is 5.82 Å². The van der Waals surface area contributed by atoms with Gasteiger partial charge in [0, 0.05) is 38.5 Å². The summed E-state index contributed by atoms with van der Waals surface area (Å²) in [6.45, 7) is 3.60. The van der Waals surface area contributed by atoms with Gasteiger partial charge in [0.05, 0.1) is 12.5 Å². The molecule has 2 heterocycles. The smallest absolute Gasteiger partial charge is 0.225 e. The number of benzene rings is 2. The minimum atomic E-state index is -0.226. The lowest BCUT2D eigenvalue weighted by molar-refractivity contribution is -0.134. The number of hydrogen-bond donors (Lipinski definition) is 0. The number of carbonyl (C=O) groups is 1. The van der Waals surface area contributed by atoms with Crippen LogP contribution in [0.1, 0.15) is 30.1 Å². The maximum absolute atomic E-state index is 13.1. The fourth-order valence-electron chi connectivity index (χ4n) is 3.98. The molecule has 1 saturated heterocycles. The number of hydrogen-bond acceptors (Lipinski definition) is 3. The van der Waals surface area contributed by atoms with Gasteiger partial charge in [-0.2, -0.15) is 0 Å². The average molecular weight is 368 g/mol. The van der Waals surface area contributed by atoms with Crippen molar-refractivity contribution in [2.45, 2.75) is 25.4 Å². The quantitative estimate of drug-likeness (QED) is 0.830. The van der Waals surface area contributed by atoms with Gasteiger partial charge < -0.3 is 14.5 Å². The van der Waals surface area contributed by atoms with Crippen LogP contribution in [0.25, 0.3) is 0 Å². The Morgan fingerprint density at radius 1 is 1.04 bits per heavy atom. The van der Waals surface area contributed by atoms with Crippen molar-refractivity contribution in [3.05, 3.63) is 65.5 Å². The number of rotatable bonds is 3. The fourth-order valence-corrected chi connectivity index (χ4v) is 3.98. The van der Waals surface area contributed by atoms with Gasteiger partial charge >= 0.3 is 0 Å². The predicted octanol–water partition coefficient (Wildman–Crippen LogP) is 3.57. The summed E-state index contributed by atoms with van der Waals surface area (Å²) in [5, 5.41) is 0. The number of anilines is 1. The topological polar surface area (TPSA) is 32.8 Å². The fraction of sp³-hybridized carbons (Fsp3) is 0.409. The molecule has 1 amide bonds. The summed E-state index contributed by atoms with van der Waals surface area (Å²) >= 11 is 0. The zero-order valence-electron chi connectivity index (χ0n) is 15.4. The molecule has 2 aromatic rings. The van der Waals surface area contributed by atoms with Crippen molar-refractivity contribution >= 4 is 11.6 Å². The van der Waals surface area contributed by atoms with Crippen molar-refractivity contribution in [1.82, 2.24) is 4.90 Å². The van der Waals surface area contributed by atoms with Gasteiger partial charge in [0.15, 0.2) is 0 Å². The lowest BCUT2D eigenvalue weighted by atomic mass is 9.98. The highest BCUT2D eigenvalue weighted by Gasteiger charge is 2.27. The first-order valence-electron chi connectivity index (χ1n) is 9.68. The number of ether oxygens (including phenoxy) is 1.